The van der Waals surface area contributed by atoms with Gasteiger partial charge in [-0.2, -0.15) is 10.2 Å². The number of rotatable bonds is 6. The van der Waals surface area contributed by atoms with Crippen LogP contribution in [0.2, 0.25) is 0 Å². The van der Waals surface area contributed by atoms with E-state index >= 15 is 0 Å². The highest BCUT2D eigenvalue weighted by molar-refractivity contribution is 5.83. The zero-order valence-corrected chi connectivity index (χ0v) is 13.9. The van der Waals surface area contributed by atoms with Crippen molar-refractivity contribution in [3.8, 4) is 22.8 Å². The number of nitrogens with one attached hydrogen (secondary N) is 1. The number of nitrogens with zero attached hydrogens (tertiary/aromatic N) is 4. The fourth-order valence-electron chi connectivity index (χ4n) is 2.18. The van der Waals surface area contributed by atoms with Crippen LogP contribution in [0.15, 0.2) is 59.8 Å². The number of para-hydroxylation sites is 1. The first kappa shape index (κ1) is 16.4. The number of anilines is 1. The van der Waals surface area contributed by atoms with Gasteiger partial charge in [0.05, 0.1) is 32.3 Å². The Balaban J connectivity index is 1.74. The van der Waals surface area contributed by atoms with Gasteiger partial charge in [-0.05, 0) is 36.4 Å². The molecule has 0 bridgehead atoms. The van der Waals surface area contributed by atoms with Gasteiger partial charge >= 0.3 is 0 Å². The number of aromatic nitrogens is 3. The van der Waals surface area contributed by atoms with Gasteiger partial charge in [0.2, 0.25) is 0 Å². The highest BCUT2D eigenvalue weighted by Crippen LogP contribution is 2.20. The summed E-state index contributed by atoms with van der Waals surface area (Å²) < 4.78 is 10.4. The predicted octanol–water partition coefficient (Wildman–Crippen LogP) is 3.00. The number of ether oxygens (including phenoxy) is 2. The van der Waals surface area contributed by atoms with Gasteiger partial charge in [0.1, 0.15) is 11.5 Å². The zero-order chi connectivity index (χ0) is 17.5. The Morgan fingerprint density at radius 3 is 2.56 bits per heavy atom. The van der Waals surface area contributed by atoms with Crippen LogP contribution in [0.25, 0.3) is 11.3 Å². The van der Waals surface area contributed by atoms with Crippen molar-refractivity contribution >= 4 is 12.2 Å². The summed E-state index contributed by atoms with van der Waals surface area (Å²) in [6, 6.07) is 15.1. The molecule has 0 aliphatic rings. The molecule has 0 aliphatic heterocycles. The summed E-state index contributed by atoms with van der Waals surface area (Å²) in [6.07, 6.45) is 3.24. The number of hydrazone groups is 1. The minimum atomic E-state index is 0.305. The van der Waals surface area contributed by atoms with Gasteiger partial charge < -0.3 is 9.47 Å². The van der Waals surface area contributed by atoms with E-state index in [9.17, 15) is 0 Å². The molecule has 0 saturated carbocycles. The van der Waals surface area contributed by atoms with Gasteiger partial charge in [-0.3, -0.25) is 0 Å². The van der Waals surface area contributed by atoms with Gasteiger partial charge in [-0.25, -0.2) is 10.4 Å². The first-order chi connectivity index (χ1) is 12.3. The average Bonchev–Trinajstić information content (AvgIpc) is 2.69. The number of hydrogen-bond donors (Lipinski definition) is 1. The summed E-state index contributed by atoms with van der Waals surface area (Å²) in [7, 11) is 3.24. The number of methoxy groups -OCH3 is 2. The molecule has 0 aliphatic carbocycles. The van der Waals surface area contributed by atoms with Crippen molar-refractivity contribution in [1.29, 1.82) is 0 Å². The van der Waals surface area contributed by atoms with Crippen LogP contribution < -0.4 is 14.9 Å². The maximum absolute atomic E-state index is 5.27. The summed E-state index contributed by atoms with van der Waals surface area (Å²) in [5, 5.41) is 12.0. The molecule has 7 nitrogen and oxygen atoms in total. The predicted molar refractivity (Wildman–Crippen MR) is 96.0 cm³/mol. The monoisotopic (exact) mass is 335 g/mol. The highest BCUT2D eigenvalue weighted by Gasteiger charge is 2.03. The molecule has 2 aromatic carbocycles. The molecule has 0 radical (unpaired) electrons. The lowest BCUT2D eigenvalue weighted by molar-refractivity contribution is 0.414. The first-order valence-electron chi connectivity index (χ1n) is 7.56. The zero-order valence-electron chi connectivity index (χ0n) is 13.9. The van der Waals surface area contributed by atoms with Crippen molar-refractivity contribution in [2.45, 2.75) is 0 Å². The maximum Gasteiger partial charge on any atom is 0.263 e. The maximum atomic E-state index is 5.27. The lowest BCUT2D eigenvalue weighted by Crippen LogP contribution is -2.00. The van der Waals surface area contributed by atoms with E-state index in [-0.39, 0.29) is 0 Å². The molecule has 7 heteroatoms. The number of hydrogen-bond acceptors (Lipinski definition) is 7. The lowest BCUT2D eigenvalue weighted by Gasteiger charge is -2.04. The Bertz CT molecular complexity index is 865. The summed E-state index contributed by atoms with van der Waals surface area (Å²) in [4.78, 5) is 4.40. The van der Waals surface area contributed by atoms with Crippen molar-refractivity contribution in [3.63, 3.8) is 0 Å². The Kier molecular flexibility index (Phi) is 5.16. The molecule has 0 amide bonds. The normalized spacial score (nSPS) is 10.6. The third-order valence-corrected chi connectivity index (χ3v) is 3.45. The van der Waals surface area contributed by atoms with E-state index in [4.69, 9.17) is 9.47 Å². The van der Waals surface area contributed by atoms with E-state index in [1.807, 2.05) is 48.5 Å². The van der Waals surface area contributed by atoms with E-state index in [1.54, 1.807) is 26.6 Å². The fourth-order valence-corrected chi connectivity index (χ4v) is 2.18. The second kappa shape index (κ2) is 7.87. The van der Waals surface area contributed by atoms with Gasteiger partial charge in [0.15, 0.2) is 0 Å². The molecule has 1 N–H and O–H groups in total. The smallest absolute Gasteiger partial charge is 0.263 e. The molecule has 0 saturated heterocycles. The van der Waals surface area contributed by atoms with Crippen molar-refractivity contribution in [2.24, 2.45) is 5.10 Å². The van der Waals surface area contributed by atoms with Crippen molar-refractivity contribution in [3.05, 3.63) is 60.3 Å². The summed E-state index contributed by atoms with van der Waals surface area (Å²) in [6.45, 7) is 0. The third kappa shape index (κ3) is 4.08. The van der Waals surface area contributed by atoms with Gasteiger partial charge in [-0.1, -0.05) is 12.1 Å². The van der Waals surface area contributed by atoms with Crippen molar-refractivity contribution < 1.29 is 9.47 Å². The minimum Gasteiger partial charge on any atom is -0.497 e. The summed E-state index contributed by atoms with van der Waals surface area (Å²) >= 11 is 0. The van der Waals surface area contributed by atoms with E-state index in [0.717, 1.165) is 22.6 Å². The van der Waals surface area contributed by atoms with Gasteiger partial charge in [0, 0.05) is 11.1 Å². The molecule has 1 aromatic heterocycles. The van der Waals surface area contributed by atoms with Crippen LogP contribution in [0, 0.1) is 0 Å². The van der Waals surface area contributed by atoms with E-state index in [1.165, 1.54) is 0 Å². The second-order valence-electron chi connectivity index (χ2n) is 5.01. The Morgan fingerprint density at radius 1 is 1.00 bits per heavy atom. The molecule has 0 spiro atoms. The molecule has 3 aromatic rings. The fraction of sp³-hybridized carbons (Fsp3) is 0.111. The van der Waals surface area contributed by atoms with E-state index < -0.39 is 0 Å². The molecule has 3 rings (SSSR count). The standard InChI is InChI=1S/C18H17N5O2/c1-24-15-9-7-13(8-10-15)16-12-20-23-18(21-16)22-19-11-14-5-3-4-6-17(14)25-2/h3-12H,1-2H3,(H,21,22,23). The first-order valence-corrected chi connectivity index (χ1v) is 7.56. The lowest BCUT2D eigenvalue weighted by atomic mass is 10.1. The van der Waals surface area contributed by atoms with Crippen LogP contribution in [0.1, 0.15) is 5.56 Å². The van der Waals surface area contributed by atoms with Crippen LogP contribution in [0.3, 0.4) is 0 Å². The molecule has 0 unspecified atom stereocenters. The van der Waals surface area contributed by atoms with Crippen LogP contribution in [-0.2, 0) is 0 Å². The molecular formula is C18H17N5O2. The van der Waals surface area contributed by atoms with Gasteiger partial charge in [0.25, 0.3) is 5.95 Å². The van der Waals surface area contributed by atoms with E-state index in [0.29, 0.717) is 11.6 Å². The van der Waals surface area contributed by atoms with Crippen LogP contribution >= 0.6 is 0 Å². The molecular weight excluding hydrogens is 318 g/mol. The largest absolute Gasteiger partial charge is 0.497 e. The van der Waals surface area contributed by atoms with Crippen LogP contribution in [-0.4, -0.2) is 35.6 Å². The summed E-state index contributed by atoms with van der Waals surface area (Å²) in [5.41, 5.74) is 5.22. The van der Waals surface area contributed by atoms with Crippen molar-refractivity contribution in [1.82, 2.24) is 15.2 Å². The molecule has 126 valence electrons. The second-order valence-corrected chi connectivity index (χ2v) is 5.01. The van der Waals surface area contributed by atoms with Gasteiger partial charge in [-0.15, -0.1) is 5.10 Å². The average molecular weight is 335 g/mol. The quantitative estimate of drug-likeness (QED) is 0.551. The minimum absolute atomic E-state index is 0.305. The SMILES string of the molecule is COc1ccc(-c2cnnc(NN=Cc3ccccc3OC)n2)cc1. The Morgan fingerprint density at radius 2 is 1.80 bits per heavy atom. The number of benzene rings is 2. The van der Waals surface area contributed by atoms with Crippen LogP contribution in [0.5, 0.6) is 11.5 Å². The Labute approximate surface area is 145 Å². The summed E-state index contributed by atoms with van der Waals surface area (Å²) in [5.74, 6) is 1.82. The Hall–Kier alpha value is -3.48. The van der Waals surface area contributed by atoms with Crippen molar-refractivity contribution in [2.75, 3.05) is 19.6 Å². The third-order valence-electron chi connectivity index (χ3n) is 3.45. The highest BCUT2D eigenvalue weighted by atomic mass is 16.5. The van der Waals surface area contributed by atoms with E-state index in [2.05, 4.69) is 25.7 Å². The van der Waals surface area contributed by atoms with Crippen LogP contribution in [0.4, 0.5) is 5.95 Å². The molecule has 0 fully saturated rings. The molecule has 1 heterocycles. The molecule has 0 atom stereocenters. The topological polar surface area (TPSA) is 81.5 Å². The molecule has 25 heavy (non-hydrogen) atoms.